The summed E-state index contributed by atoms with van der Waals surface area (Å²) in [7, 11) is 1.77. The van der Waals surface area contributed by atoms with E-state index in [1.54, 1.807) is 24.2 Å². The topological polar surface area (TPSA) is 51.5 Å². The highest BCUT2D eigenvalue weighted by atomic mass is 79.9. The van der Waals surface area contributed by atoms with Crippen molar-refractivity contribution in [1.82, 2.24) is 9.47 Å². The van der Waals surface area contributed by atoms with Crippen molar-refractivity contribution in [1.29, 1.82) is 0 Å². The van der Waals surface area contributed by atoms with Crippen LogP contribution in [0.4, 0.5) is 0 Å². The molecule has 0 N–H and O–H groups in total. The van der Waals surface area contributed by atoms with Gasteiger partial charge in [-0.15, -0.1) is 0 Å². The Hall–Kier alpha value is -2.08. The maximum Gasteiger partial charge on any atom is 0.250 e. The van der Waals surface area contributed by atoms with Crippen LogP contribution in [0.25, 0.3) is 0 Å². The minimum atomic E-state index is -0.107. The molecule has 24 heavy (non-hydrogen) atoms. The fourth-order valence-corrected chi connectivity index (χ4v) is 2.60. The number of rotatable bonds is 8. The lowest BCUT2D eigenvalue weighted by Crippen LogP contribution is -2.30. The highest BCUT2D eigenvalue weighted by molar-refractivity contribution is 9.10. The standard InChI is InChI=1S/C18H21BrN2O3/c1-20(11-5-13-24-16-6-3-2-4-7-16)17(22)10-12-21-14-15(19)8-9-18(21)23/h2-4,6-9,14H,5,10-13H2,1H3. The molecule has 1 aromatic carbocycles. The number of halogens is 1. The van der Waals surface area contributed by atoms with Gasteiger partial charge in [-0.05, 0) is 40.5 Å². The summed E-state index contributed by atoms with van der Waals surface area (Å²) >= 11 is 3.32. The summed E-state index contributed by atoms with van der Waals surface area (Å²) in [6.07, 6.45) is 2.75. The monoisotopic (exact) mass is 392 g/mol. The fraction of sp³-hybridized carbons (Fsp3) is 0.333. The van der Waals surface area contributed by atoms with E-state index in [0.717, 1.165) is 16.6 Å². The van der Waals surface area contributed by atoms with Gasteiger partial charge < -0.3 is 14.2 Å². The molecule has 0 fully saturated rings. The first-order chi connectivity index (χ1) is 11.6. The minimum Gasteiger partial charge on any atom is -0.494 e. The van der Waals surface area contributed by atoms with Crippen LogP contribution in [0.3, 0.4) is 0 Å². The summed E-state index contributed by atoms with van der Waals surface area (Å²) in [5.41, 5.74) is -0.107. The smallest absolute Gasteiger partial charge is 0.250 e. The average Bonchev–Trinajstić information content (AvgIpc) is 2.60. The summed E-state index contributed by atoms with van der Waals surface area (Å²) in [6, 6.07) is 12.8. The summed E-state index contributed by atoms with van der Waals surface area (Å²) in [5, 5.41) is 0. The first kappa shape index (κ1) is 18.3. The Morgan fingerprint density at radius 2 is 1.96 bits per heavy atom. The van der Waals surface area contributed by atoms with E-state index in [9.17, 15) is 9.59 Å². The Morgan fingerprint density at radius 1 is 1.21 bits per heavy atom. The second kappa shape index (κ2) is 9.27. The number of para-hydroxylation sites is 1. The molecule has 1 amide bonds. The van der Waals surface area contributed by atoms with E-state index in [0.29, 0.717) is 26.1 Å². The molecule has 1 heterocycles. The number of aryl methyl sites for hydroxylation is 1. The van der Waals surface area contributed by atoms with Crippen LogP contribution in [0.1, 0.15) is 12.8 Å². The van der Waals surface area contributed by atoms with E-state index in [4.69, 9.17) is 4.74 Å². The van der Waals surface area contributed by atoms with Gasteiger partial charge in [0.25, 0.3) is 5.56 Å². The predicted molar refractivity (Wildman–Crippen MR) is 97.2 cm³/mol. The van der Waals surface area contributed by atoms with Crippen molar-refractivity contribution in [2.45, 2.75) is 19.4 Å². The van der Waals surface area contributed by atoms with Crippen LogP contribution in [-0.2, 0) is 11.3 Å². The molecule has 0 spiro atoms. The molecule has 6 heteroatoms. The molecule has 0 atom stereocenters. The second-order valence-electron chi connectivity index (χ2n) is 5.46. The largest absolute Gasteiger partial charge is 0.494 e. The third-order valence-electron chi connectivity index (χ3n) is 3.59. The maximum atomic E-state index is 12.1. The number of aromatic nitrogens is 1. The molecule has 1 aromatic heterocycles. The van der Waals surface area contributed by atoms with E-state index in [1.807, 2.05) is 30.3 Å². The second-order valence-corrected chi connectivity index (χ2v) is 6.37. The average molecular weight is 393 g/mol. The van der Waals surface area contributed by atoms with Gasteiger partial charge in [0.1, 0.15) is 5.75 Å². The zero-order valence-corrected chi connectivity index (χ0v) is 15.2. The van der Waals surface area contributed by atoms with Crippen molar-refractivity contribution in [2.75, 3.05) is 20.2 Å². The van der Waals surface area contributed by atoms with Crippen LogP contribution in [0, 0.1) is 0 Å². The number of pyridine rings is 1. The summed E-state index contributed by atoms with van der Waals surface area (Å²) < 4.78 is 7.96. The van der Waals surface area contributed by atoms with Crippen molar-refractivity contribution in [3.8, 4) is 5.75 Å². The van der Waals surface area contributed by atoms with Gasteiger partial charge in [-0.3, -0.25) is 9.59 Å². The molecule has 0 saturated carbocycles. The van der Waals surface area contributed by atoms with Gasteiger partial charge >= 0.3 is 0 Å². The van der Waals surface area contributed by atoms with Crippen molar-refractivity contribution in [3.63, 3.8) is 0 Å². The molecule has 0 radical (unpaired) electrons. The van der Waals surface area contributed by atoms with E-state index >= 15 is 0 Å². The van der Waals surface area contributed by atoms with Gasteiger partial charge in [0.15, 0.2) is 0 Å². The molecular weight excluding hydrogens is 372 g/mol. The van der Waals surface area contributed by atoms with Crippen molar-refractivity contribution < 1.29 is 9.53 Å². The SMILES string of the molecule is CN(CCCOc1ccccc1)C(=O)CCn1cc(Br)ccc1=O. The third kappa shape index (κ3) is 5.85. The lowest BCUT2D eigenvalue weighted by molar-refractivity contribution is -0.130. The Morgan fingerprint density at radius 3 is 2.71 bits per heavy atom. The van der Waals surface area contributed by atoms with Gasteiger partial charge in [-0.1, -0.05) is 18.2 Å². The van der Waals surface area contributed by atoms with Crippen LogP contribution in [0.2, 0.25) is 0 Å². The number of hydrogen-bond donors (Lipinski definition) is 0. The molecule has 2 aromatic rings. The van der Waals surface area contributed by atoms with Gasteiger partial charge in [0.2, 0.25) is 5.91 Å². The van der Waals surface area contributed by atoms with Gasteiger partial charge in [0.05, 0.1) is 6.61 Å². The zero-order chi connectivity index (χ0) is 17.4. The number of nitrogens with zero attached hydrogens (tertiary/aromatic N) is 2. The minimum absolute atomic E-state index is 0.0154. The molecule has 0 saturated heterocycles. The summed E-state index contributed by atoms with van der Waals surface area (Å²) in [5.74, 6) is 0.849. The number of amides is 1. The molecule has 0 aliphatic rings. The highest BCUT2D eigenvalue weighted by Gasteiger charge is 2.09. The van der Waals surface area contributed by atoms with E-state index < -0.39 is 0 Å². The number of ether oxygens (including phenoxy) is 1. The molecule has 128 valence electrons. The van der Waals surface area contributed by atoms with Crippen LogP contribution in [-0.4, -0.2) is 35.6 Å². The number of benzene rings is 1. The van der Waals surface area contributed by atoms with E-state index in [-0.39, 0.29) is 11.5 Å². The van der Waals surface area contributed by atoms with Crippen LogP contribution < -0.4 is 10.3 Å². The first-order valence-electron chi connectivity index (χ1n) is 7.84. The van der Waals surface area contributed by atoms with Gasteiger partial charge in [-0.2, -0.15) is 0 Å². The third-order valence-corrected chi connectivity index (χ3v) is 4.06. The quantitative estimate of drug-likeness (QED) is 0.648. The van der Waals surface area contributed by atoms with E-state index in [2.05, 4.69) is 15.9 Å². The van der Waals surface area contributed by atoms with Crippen LogP contribution >= 0.6 is 15.9 Å². The highest BCUT2D eigenvalue weighted by Crippen LogP contribution is 2.09. The van der Waals surface area contributed by atoms with Crippen molar-refractivity contribution in [3.05, 3.63) is 63.5 Å². The van der Waals surface area contributed by atoms with E-state index in [1.165, 1.54) is 10.6 Å². The Bertz CT molecular complexity index is 716. The number of carbonyl (C=O) groups excluding carboxylic acids is 1. The van der Waals surface area contributed by atoms with Gasteiger partial charge in [-0.25, -0.2) is 0 Å². The maximum absolute atomic E-state index is 12.1. The number of carbonyl (C=O) groups is 1. The fourth-order valence-electron chi connectivity index (χ4n) is 2.22. The zero-order valence-electron chi connectivity index (χ0n) is 13.7. The van der Waals surface area contributed by atoms with Crippen LogP contribution in [0.5, 0.6) is 5.75 Å². The molecule has 5 nitrogen and oxygen atoms in total. The van der Waals surface area contributed by atoms with Crippen LogP contribution in [0.15, 0.2) is 57.9 Å². The molecule has 0 bridgehead atoms. The number of hydrogen-bond acceptors (Lipinski definition) is 3. The lowest BCUT2D eigenvalue weighted by Gasteiger charge is -2.17. The molecular formula is C18H21BrN2O3. The van der Waals surface area contributed by atoms with Gasteiger partial charge in [0, 0.05) is 43.3 Å². The molecule has 2 rings (SSSR count). The summed E-state index contributed by atoms with van der Waals surface area (Å²) in [6.45, 7) is 1.56. The normalized spacial score (nSPS) is 10.4. The Balaban J connectivity index is 1.70. The molecule has 0 unspecified atom stereocenters. The predicted octanol–water partition coefficient (Wildman–Crippen LogP) is 2.93. The van der Waals surface area contributed by atoms with Crippen molar-refractivity contribution in [2.24, 2.45) is 0 Å². The molecule has 0 aliphatic carbocycles. The first-order valence-corrected chi connectivity index (χ1v) is 8.63. The Kier molecular flexibility index (Phi) is 7.06. The summed E-state index contributed by atoms with van der Waals surface area (Å²) in [4.78, 5) is 25.5. The Labute approximate surface area is 150 Å². The lowest BCUT2D eigenvalue weighted by atomic mass is 10.3. The molecule has 0 aliphatic heterocycles. The van der Waals surface area contributed by atoms with Crippen molar-refractivity contribution >= 4 is 21.8 Å².